The first kappa shape index (κ1) is 14.6. The number of hydrogen-bond acceptors (Lipinski definition) is 4. The Kier molecular flexibility index (Phi) is 3.38. The van der Waals surface area contributed by atoms with Crippen LogP contribution in [0.2, 0.25) is 0 Å². The molecule has 0 amide bonds. The molecule has 3 nitrogen and oxygen atoms in total. The maximum absolute atomic E-state index is 12.9. The second-order valence-corrected chi connectivity index (χ2v) is 8.07. The van der Waals surface area contributed by atoms with E-state index in [2.05, 4.69) is 37.4 Å². The third kappa shape index (κ3) is 2.61. The largest absolute Gasteiger partial charge is 0.468 e. The number of hydrogen-bond donors (Lipinski definition) is 1. The fraction of sp³-hybridized carbons (Fsp3) is 0.316. The van der Waals surface area contributed by atoms with Crippen LogP contribution in [0.15, 0.2) is 63.7 Å². The lowest BCUT2D eigenvalue weighted by Gasteiger charge is -2.34. The summed E-state index contributed by atoms with van der Waals surface area (Å²) in [4.78, 5) is 14.1. The van der Waals surface area contributed by atoms with Crippen molar-refractivity contribution in [2.75, 3.05) is 5.32 Å². The molecule has 2 atom stereocenters. The van der Waals surface area contributed by atoms with Crippen molar-refractivity contribution in [1.82, 2.24) is 0 Å². The zero-order valence-electron chi connectivity index (χ0n) is 13.2. The van der Waals surface area contributed by atoms with Crippen LogP contribution in [-0.2, 0) is 4.79 Å². The molecule has 2 heterocycles. The molecule has 118 valence electrons. The minimum Gasteiger partial charge on any atom is -0.468 e. The highest BCUT2D eigenvalue weighted by Crippen LogP contribution is 2.52. The molecule has 0 saturated carbocycles. The first-order chi connectivity index (χ1) is 11.0. The summed E-state index contributed by atoms with van der Waals surface area (Å²) in [7, 11) is 0. The molecule has 23 heavy (non-hydrogen) atoms. The Morgan fingerprint density at radius 3 is 2.83 bits per heavy atom. The number of Topliss-reactive ketones (excluding diaryl/α,β-unsaturated/α-hetero) is 1. The van der Waals surface area contributed by atoms with Crippen LogP contribution in [-0.4, -0.2) is 5.78 Å². The fourth-order valence-corrected chi connectivity index (χ4v) is 4.81. The van der Waals surface area contributed by atoms with Gasteiger partial charge in [0.05, 0.1) is 23.1 Å². The molecule has 4 rings (SSSR count). The summed E-state index contributed by atoms with van der Waals surface area (Å²) in [6.45, 7) is 4.23. The number of nitrogens with one attached hydrogen (secondary N) is 1. The molecule has 4 heteroatoms. The molecule has 1 aromatic carbocycles. The van der Waals surface area contributed by atoms with E-state index in [0.29, 0.717) is 6.42 Å². The van der Waals surface area contributed by atoms with Gasteiger partial charge in [-0.2, -0.15) is 0 Å². The number of carbonyl (C=O) groups excluding carboxylic acids is 1. The fourth-order valence-electron chi connectivity index (χ4n) is 3.45. The van der Waals surface area contributed by atoms with Gasteiger partial charge in [0.1, 0.15) is 11.5 Å². The van der Waals surface area contributed by atoms with E-state index < -0.39 is 0 Å². The highest BCUT2D eigenvalue weighted by molar-refractivity contribution is 7.99. The minimum absolute atomic E-state index is 0.0315. The quantitative estimate of drug-likeness (QED) is 0.798. The summed E-state index contributed by atoms with van der Waals surface area (Å²) in [6.07, 6.45) is 4.47. The van der Waals surface area contributed by atoms with Crippen LogP contribution in [0.25, 0.3) is 0 Å². The van der Waals surface area contributed by atoms with E-state index in [9.17, 15) is 4.79 Å². The molecule has 0 fully saturated rings. The predicted octanol–water partition coefficient (Wildman–Crippen LogP) is 5.04. The minimum atomic E-state index is -0.188. The maximum Gasteiger partial charge on any atom is 0.144 e. The summed E-state index contributed by atoms with van der Waals surface area (Å²) in [5, 5.41) is 3.49. The van der Waals surface area contributed by atoms with Crippen molar-refractivity contribution in [3.8, 4) is 0 Å². The number of anilines is 1. The molecule has 0 radical (unpaired) electrons. The van der Waals surface area contributed by atoms with E-state index in [1.807, 2.05) is 24.3 Å². The van der Waals surface area contributed by atoms with Crippen molar-refractivity contribution in [2.24, 2.45) is 11.3 Å². The van der Waals surface area contributed by atoms with E-state index in [-0.39, 0.29) is 22.4 Å². The average Bonchev–Trinajstić information content (AvgIpc) is 2.95. The molecular weight excluding hydrogens is 306 g/mol. The summed E-state index contributed by atoms with van der Waals surface area (Å²) in [6, 6.07) is 12.1. The van der Waals surface area contributed by atoms with Gasteiger partial charge in [0, 0.05) is 17.0 Å². The van der Waals surface area contributed by atoms with Crippen molar-refractivity contribution in [1.29, 1.82) is 0 Å². The number of benzene rings is 1. The number of para-hydroxylation sites is 1. The Morgan fingerprint density at radius 2 is 2.04 bits per heavy atom. The first-order valence-electron chi connectivity index (χ1n) is 7.85. The molecule has 0 spiro atoms. The molecule has 0 bridgehead atoms. The van der Waals surface area contributed by atoms with Gasteiger partial charge in [-0.15, -0.1) is 11.8 Å². The molecular formula is C19H19NO2S. The van der Waals surface area contributed by atoms with Gasteiger partial charge in [-0.25, -0.2) is 0 Å². The summed E-state index contributed by atoms with van der Waals surface area (Å²) in [5.74, 6) is 0.950. The number of carbonyl (C=O) groups is 1. The highest BCUT2D eigenvalue weighted by atomic mass is 32.2. The Morgan fingerprint density at radius 1 is 1.22 bits per heavy atom. The van der Waals surface area contributed by atoms with Gasteiger partial charge in [0.2, 0.25) is 0 Å². The molecule has 2 aliphatic rings. The number of thioether (sulfide) groups is 1. The zero-order valence-corrected chi connectivity index (χ0v) is 14.0. The SMILES string of the molecule is CC1(C)C=C2Nc3ccccc3S[C@@H](c3ccco3)[C@@H]2C(=O)C1. The lowest BCUT2D eigenvalue weighted by atomic mass is 9.74. The lowest BCUT2D eigenvalue weighted by Crippen LogP contribution is -2.34. The number of furan rings is 1. The van der Waals surface area contributed by atoms with Crippen molar-refractivity contribution >= 4 is 23.2 Å². The average molecular weight is 325 g/mol. The molecule has 0 saturated heterocycles. The third-order valence-electron chi connectivity index (χ3n) is 4.40. The first-order valence-corrected chi connectivity index (χ1v) is 8.73. The molecule has 1 N–H and O–H groups in total. The second-order valence-electron chi connectivity index (χ2n) is 6.88. The number of fused-ring (bicyclic) bond motifs is 2. The van der Waals surface area contributed by atoms with Gasteiger partial charge in [-0.3, -0.25) is 4.79 Å². The number of ketones is 1. The summed E-state index contributed by atoms with van der Waals surface area (Å²) >= 11 is 1.71. The van der Waals surface area contributed by atoms with E-state index in [0.717, 1.165) is 22.0 Å². The smallest absolute Gasteiger partial charge is 0.144 e. The zero-order chi connectivity index (χ0) is 16.0. The number of rotatable bonds is 1. The molecule has 1 aromatic heterocycles. The standard InChI is InChI=1S/C19H19NO2S/c1-19(2)10-13-17(14(21)11-19)18(15-7-5-9-22-15)23-16-8-4-3-6-12(16)20-13/h3-10,17-18,20H,11H2,1-2H3/t17-,18-/m0/s1. The van der Waals surface area contributed by atoms with Gasteiger partial charge in [-0.05, 0) is 29.7 Å². The molecule has 2 aromatic rings. The Hall–Kier alpha value is -1.94. The van der Waals surface area contributed by atoms with Gasteiger partial charge >= 0.3 is 0 Å². The van der Waals surface area contributed by atoms with Gasteiger partial charge in [0.25, 0.3) is 0 Å². The maximum atomic E-state index is 12.9. The van der Waals surface area contributed by atoms with Crippen LogP contribution in [0.3, 0.4) is 0 Å². The van der Waals surface area contributed by atoms with Crippen LogP contribution >= 0.6 is 11.8 Å². The predicted molar refractivity (Wildman–Crippen MR) is 92.3 cm³/mol. The third-order valence-corrected chi connectivity index (χ3v) is 5.77. The van der Waals surface area contributed by atoms with Crippen LogP contribution in [0.5, 0.6) is 0 Å². The second kappa shape index (κ2) is 5.31. The van der Waals surface area contributed by atoms with Crippen LogP contribution in [0.1, 0.15) is 31.3 Å². The van der Waals surface area contributed by atoms with Crippen LogP contribution < -0.4 is 5.32 Å². The van der Waals surface area contributed by atoms with Gasteiger partial charge in [-0.1, -0.05) is 32.1 Å². The Balaban J connectivity index is 1.88. The van der Waals surface area contributed by atoms with Gasteiger partial charge < -0.3 is 9.73 Å². The normalized spacial score (nSPS) is 25.7. The lowest BCUT2D eigenvalue weighted by molar-refractivity contribution is -0.124. The van der Waals surface area contributed by atoms with E-state index in [1.165, 1.54) is 0 Å². The topological polar surface area (TPSA) is 42.2 Å². The highest BCUT2D eigenvalue weighted by Gasteiger charge is 2.43. The Labute approximate surface area is 140 Å². The van der Waals surface area contributed by atoms with Crippen molar-refractivity contribution in [3.63, 3.8) is 0 Å². The van der Waals surface area contributed by atoms with Crippen molar-refractivity contribution < 1.29 is 9.21 Å². The monoisotopic (exact) mass is 325 g/mol. The molecule has 1 aliphatic carbocycles. The molecule has 1 aliphatic heterocycles. The molecule has 0 unspecified atom stereocenters. The summed E-state index contributed by atoms with van der Waals surface area (Å²) < 4.78 is 5.66. The van der Waals surface area contributed by atoms with E-state index in [4.69, 9.17) is 4.42 Å². The Bertz CT molecular complexity index is 776. The van der Waals surface area contributed by atoms with Gasteiger partial charge in [0.15, 0.2) is 0 Å². The van der Waals surface area contributed by atoms with Crippen molar-refractivity contribution in [3.05, 3.63) is 60.2 Å². The van der Waals surface area contributed by atoms with Crippen molar-refractivity contribution in [2.45, 2.75) is 30.4 Å². The summed E-state index contributed by atoms with van der Waals surface area (Å²) in [5.41, 5.74) is 1.95. The van der Waals surface area contributed by atoms with Crippen LogP contribution in [0, 0.1) is 11.3 Å². The number of allylic oxidation sites excluding steroid dienone is 2. The van der Waals surface area contributed by atoms with E-state index >= 15 is 0 Å². The van der Waals surface area contributed by atoms with Crippen LogP contribution in [0.4, 0.5) is 5.69 Å². The van der Waals surface area contributed by atoms with E-state index in [1.54, 1.807) is 18.0 Å².